The van der Waals surface area contributed by atoms with Gasteiger partial charge in [-0.15, -0.1) is 6.58 Å². The van der Waals surface area contributed by atoms with Crippen LogP contribution < -0.4 is 5.32 Å². The molecule has 2 amide bonds. The van der Waals surface area contributed by atoms with E-state index in [-0.39, 0.29) is 17.9 Å². The van der Waals surface area contributed by atoms with Crippen LogP contribution in [0.4, 0.5) is 0 Å². The highest BCUT2D eigenvalue weighted by atomic mass is 16.2. The lowest BCUT2D eigenvalue weighted by molar-refractivity contribution is 0.0690. The third kappa shape index (κ3) is 5.01. The highest BCUT2D eigenvalue weighted by molar-refractivity contribution is 5.99. The van der Waals surface area contributed by atoms with Crippen LogP contribution in [0.3, 0.4) is 0 Å². The van der Waals surface area contributed by atoms with E-state index in [2.05, 4.69) is 16.9 Å². The molecule has 0 bridgehead atoms. The van der Waals surface area contributed by atoms with E-state index in [1.54, 1.807) is 17.0 Å². The number of aromatic nitrogens is 1. The molecule has 0 atom stereocenters. The molecule has 2 rings (SSSR count). The SMILES string of the molecule is C=CCNC(=O)c1cncc(C(=O)N(Cc2ccccc2)C(C)C)c1. The Hall–Kier alpha value is -2.95. The number of benzene rings is 1. The van der Waals surface area contributed by atoms with Crippen LogP contribution in [0.2, 0.25) is 0 Å². The summed E-state index contributed by atoms with van der Waals surface area (Å²) in [6.45, 7) is 8.37. The predicted octanol–water partition coefficient (Wildman–Crippen LogP) is 3.05. The van der Waals surface area contributed by atoms with Gasteiger partial charge in [0, 0.05) is 31.5 Å². The van der Waals surface area contributed by atoms with Crippen molar-refractivity contribution >= 4 is 11.8 Å². The first kappa shape index (κ1) is 18.4. The molecule has 0 saturated carbocycles. The zero-order chi connectivity index (χ0) is 18.2. The van der Waals surface area contributed by atoms with Gasteiger partial charge in [-0.2, -0.15) is 0 Å². The highest BCUT2D eigenvalue weighted by Gasteiger charge is 2.20. The topological polar surface area (TPSA) is 62.3 Å². The summed E-state index contributed by atoms with van der Waals surface area (Å²) in [4.78, 5) is 30.8. The van der Waals surface area contributed by atoms with Crippen LogP contribution >= 0.6 is 0 Å². The van der Waals surface area contributed by atoms with Crippen LogP contribution in [0, 0.1) is 0 Å². The molecule has 0 unspecified atom stereocenters. The average Bonchev–Trinajstić information content (AvgIpc) is 2.64. The molecular weight excluding hydrogens is 314 g/mol. The summed E-state index contributed by atoms with van der Waals surface area (Å²) in [5, 5.41) is 2.68. The molecule has 0 saturated heterocycles. The lowest BCUT2D eigenvalue weighted by Crippen LogP contribution is -2.36. The Morgan fingerprint density at radius 3 is 2.52 bits per heavy atom. The number of amides is 2. The number of pyridine rings is 1. The van der Waals surface area contributed by atoms with Crippen molar-refractivity contribution in [3.63, 3.8) is 0 Å². The number of rotatable bonds is 7. The Bertz CT molecular complexity index is 742. The Kier molecular flexibility index (Phi) is 6.46. The van der Waals surface area contributed by atoms with E-state index in [1.165, 1.54) is 12.4 Å². The van der Waals surface area contributed by atoms with Crippen molar-refractivity contribution in [2.75, 3.05) is 6.54 Å². The molecule has 0 fully saturated rings. The first-order chi connectivity index (χ1) is 12.0. The number of carbonyl (C=O) groups is 2. The number of nitrogens with one attached hydrogen (secondary N) is 1. The molecule has 0 aliphatic carbocycles. The predicted molar refractivity (Wildman–Crippen MR) is 98.2 cm³/mol. The van der Waals surface area contributed by atoms with Gasteiger partial charge in [-0.1, -0.05) is 36.4 Å². The fourth-order valence-corrected chi connectivity index (χ4v) is 2.38. The quantitative estimate of drug-likeness (QED) is 0.790. The van der Waals surface area contributed by atoms with E-state index >= 15 is 0 Å². The van der Waals surface area contributed by atoms with Crippen LogP contribution in [0.5, 0.6) is 0 Å². The fourth-order valence-electron chi connectivity index (χ4n) is 2.38. The summed E-state index contributed by atoms with van der Waals surface area (Å²) in [5.41, 5.74) is 1.81. The Balaban J connectivity index is 2.21. The number of hydrogen-bond acceptors (Lipinski definition) is 3. The zero-order valence-electron chi connectivity index (χ0n) is 14.6. The van der Waals surface area contributed by atoms with Gasteiger partial charge < -0.3 is 10.2 Å². The molecule has 130 valence electrons. The second kappa shape index (κ2) is 8.78. The van der Waals surface area contributed by atoms with E-state index in [0.29, 0.717) is 24.2 Å². The molecule has 5 nitrogen and oxygen atoms in total. The second-order valence-electron chi connectivity index (χ2n) is 5.97. The molecule has 1 aromatic carbocycles. The first-order valence-corrected chi connectivity index (χ1v) is 8.22. The number of nitrogens with zero attached hydrogens (tertiary/aromatic N) is 2. The summed E-state index contributed by atoms with van der Waals surface area (Å²) in [6, 6.07) is 11.4. The van der Waals surface area contributed by atoms with Gasteiger partial charge in [0.2, 0.25) is 0 Å². The highest BCUT2D eigenvalue weighted by Crippen LogP contribution is 2.14. The Morgan fingerprint density at radius 1 is 1.20 bits per heavy atom. The molecule has 1 aromatic heterocycles. The lowest BCUT2D eigenvalue weighted by atomic mass is 10.1. The van der Waals surface area contributed by atoms with Crippen molar-refractivity contribution in [3.05, 3.63) is 78.1 Å². The summed E-state index contributed by atoms with van der Waals surface area (Å²) in [5.74, 6) is -0.425. The monoisotopic (exact) mass is 337 g/mol. The normalized spacial score (nSPS) is 10.4. The van der Waals surface area contributed by atoms with Crippen molar-refractivity contribution in [2.24, 2.45) is 0 Å². The molecule has 1 heterocycles. The van der Waals surface area contributed by atoms with E-state index < -0.39 is 0 Å². The Labute approximate surface area is 148 Å². The van der Waals surface area contributed by atoms with Crippen molar-refractivity contribution in [1.29, 1.82) is 0 Å². The van der Waals surface area contributed by atoms with Gasteiger partial charge in [-0.05, 0) is 25.5 Å². The molecule has 2 aromatic rings. The minimum absolute atomic E-state index is 0.0194. The van der Waals surface area contributed by atoms with Crippen LogP contribution in [-0.2, 0) is 6.54 Å². The van der Waals surface area contributed by atoms with Crippen molar-refractivity contribution in [1.82, 2.24) is 15.2 Å². The molecule has 0 aliphatic heterocycles. The summed E-state index contributed by atoms with van der Waals surface area (Å²) < 4.78 is 0. The van der Waals surface area contributed by atoms with Crippen molar-refractivity contribution in [2.45, 2.75) is 26.4 Å². The van der Waals surface area contributed by atoms with Gasteiger partial charge in [0.25, 0.3) is 11.8 Å². The summed E-state index contributed by atoms with van der Waals surface area (Å²) in [6.07, 6.45) is 4.54. The molecule has 5 heteroatoms. The zero-order valence-corrected chi connectivity index (χ0v) is 14.6. The minimum atomic E-state index is -0.277. The van der Waals surface area contributed by atoms with Gasteiger partial charge in [0.05, 0.1) is 11.1 Å². The molecule has 0 aliphatic rings. The molecule has 1 N–H and O–H groups in total. The van der Waals surface area contributed by atoms with E-state index in [4.69, 9.17) is 0 Å². The van der Waals surface area contributed by atoms with Crippen LogP contribution in [0.1, 0.15) is 40.1 Å². The van der Waals surface area contributed by atoms with Gasteiger partial charge in [-0.3, -0.25) is 14.6 Å². The lowest BCUT2D eigenvalue weighted by Gasteiger charge is -2.27. The molecule has 25 heavy (non-hydrogen) atoms. The standard InChI is InChI=1S/C20H23N3O2/c1-4-10-22-19(24)17-11-18(13-21-12-17)20(25)23(15(2)3)14-16-8-6-5-7-9-16/h4-9,11-13,15H,1,10,14H2,2-3H3,(H,22,24). The summed E-state index contributed by atoms with van der Waals surface area (Å²) >= 11 is 0. The molecular formula is C20H23N3O2. The number of carbonyl (C=O) groups excluding carboxylic acids is 2. The fraction of sp³-hybridized carbons (Fsp3) is 0.250. The summed E-state index contributed by atoms with van der Waals surface area (Å²) in [7, 11) is 0. The maximum atomic E-state index is 12.9. The van der Waals surface area contributed by atoms with Crippen LogP contribution in [0.25, 0.3) is 0 Å². The van der Waals surface area contributed by atoms with E-state index in [9.17, 15) is 9.59 Å². The third-order valence-corrected chi connectivity index (χ3v) is 3.73. The maximum Gasteiger partial charge on any atom is 0.255 e. The average molecular weight is 337 g/mol. The number of hydrogen-bond donors (Lipinski definition) is 1. The van der Waals surface area contributed by atoms with E-state index in [0.717, 1.165) is 5.56 Å². The smallest absolute Gasteiger partial charge is 0.255 e. The van der Waals surface area contributed by atoms with Gasteiger partial charge in [0.15, 0.2) is 0 Å². The first-order valence-electron chi connectivity index (χ1n) is 8.22. The van der Waals surface area contributed by atoms with Crippen LogP contribution in [0.15, 0.2) is 61.4 Å². The Morgan fingerprint density at radius 2 is 1.88 bits per heavy atom. The van der Waals surface area contributed by atoms with Crippen molar-refractivity contribution < 1.29 is 9.59 Å². The maximum absolute atomic E-state index is 12.9. The van der Waals surface area contributed by atoms with Gasteiger partial charge in [-0.25, -0.2) is 0 Å². The minimum Gasteiger partial charge on any atom is -0.349 e. The largest absolute Gasteiger partial charge is 0.349 e. The van der Waals surface area contributed by atoms with Crippen LogP contribution in [-0.4, -0.2) is 34.3 Å². The molecule has 0 spiro atoms. The third-order valence-electron chi connectivity index (χ3n) is 3.73. The van der Waals surface area contributed by atoms with Gasteiger partial charge >= 0.3 is 0 Å². The second-order valence-corrected chi connectivity index (χ2v) is 5.97. The van der Waals surface area contributed by atoms with Crippen molar-refractivity contribution in [3.8, 4) is 0 Å². The van der Waals surface area contributed by atoms with Gasteiger partial charge in [0.1, 0.15) is 0 Å². The molecule has 0 radical (unpaired) electrons. The van der Waals surface area contributed by atoms with E-state index in [1.807, 2.05) is 44.2 Å².